The second kappa shape index (κ2) is 7.62. The van der Waals surface area contributed by atoms with Crippen molar-refractivity contribution in [3.63, 3.8) is 0 Å². The maximum Gasteiger partial charge on any atom is 0.307 e. The highest BCUT2D eigenvalue weighted by Gasteiger charge is 2.37. The van der Waals surface area contributed by atoms with E-state index in [1.54, 1.807) is 0 Å². The fraction of sp³-hybridized carbons (Fsp3) is 0.474. The molecule has 128 valence electrons. The average molecular weight is 328 g/mol. The molecule has 1 fully saturated rings. The van der Waals surface area contributed by atoms with Crippen molar-refractivity contribution in [1.82, 2.24) is 9.80 Å². The molecular formula is C19H24N2O3. The number of rotatable bonds is 4. The first-order valence-electron chi connectivity index (χ1n) is 8.58. The van der Waals surface area contributed by atoms with Gasteiger partial charge in [-0.3, -0.25) is 14.5 Å². The van der Waals surface area contributed by atoms with Gasteiger partial charge >= 0.3 is 5.97 Å². The van der Waals surface area contributed by atoms with Crippen molar-refractivity contribution < 1.29 is 14.7 Å². The van der Waals surface area contributed by atoms with Crippen LogP contribution in [0, 0.1) is 11.8 Å². The van der Waals surface area contributed by atoms with Crippen molar-refractivity contribution in [2.45, 2.75) is 19.4 Å². The summed E-state index contributed by atoms with van der Waals surface area (Å²) in [7, 11) is 0. The third-order valence-electron chi connectivity index (χ3n) is 5.00. The van der Waals surface area contributed by atoms with Gasteiger partial charge in [0.25, 0.3) is 0 Å². The molecule has 0 radical (unpaired) electrons. The first kappa shape index (κ1) is 16.7. The van der Waals surface area contributed by atoms with Gasteiger partial charge in [0.05, 0.1) is 11.8 Å². The Morgan fingerprint density at radius 1 is 0.958 bits per heavy atom. The Bertz CT molecular complexity index is 606. The van der Waals surface area contributed by atoms with Crippen LogP contribution in [0.25, 0.3) is 0 Å². The lowest BCUT2D eigenvalue weighted by Gasteiger charge is -2.37. The normalized spacial score (nSPS) is 24.8. The van der Waals surface area contributed by atoms with Crippen LogP contribution in [0.1, 0.15) is 18.4 Å². The van der Waals surface area contributed by atoms with Gasteiger partial charge in [0, 0.05) is 32.7 Å². The second-order valence-electron chi connectivity index (χ2n) is 6.58. The van der Waals surface area contributed by atoms with Crippen molar-refractivity contribution in [1.29, 1.82) is 0 Å². The minimum absolute atomic E-state index is 0.00566. The van der Waals surface area contributed by atoms with E-state index in [2.05, 4.69) is 17.0 Å². The minimum atomic E-state index is -0.861. The molecule has 0 bridgehead atoms. The third kappa shape index (κ3) is 3.85. The summed E-state index contributed by atoms with van der Waals surface area (Å²) in [6, 6.07) is 10.3. The number of hydrogen-bond acceptors (Lipinski definition) is 3. The molecule has 1 saturated heterocycles. The number of nitrogens with zero attached hydrogens (tertiary/aromatic N) is 2. The highest BCUT2D eigenvalue weighted by atomic mass is 16.4. The molecule has 1 N–H and O–H groups in total. The first-order valence-corrected chi connectivity index (χ1v) is 8.58. The summed E-state index contributed by atoms with van der Waals surface area (Å²) >= 11 is 0. The second-order valence-corrected chi connectivity index (χ2v) is 6.58. The van der Waals surface area contributed by atoms with Crippen LogP contribution in [-0.4, -0.2) is 53.0 Å². The van der Waals surface area contributed by atoms with Crippen LogP contribution in [0.2, 0.25) is 0 Å². The number of benzene rings is 1. The van der Waals surface area contributed by atoms with Crippen LogP contribution in [0.5, 0.6) is 0 Å². The van der Waals surface area contributed by atoms with Gasteiger partial charge in [0.1, 0.15) is 0 Å². The van der Waals surface area contributed by atoms with E-state index in [4.69, 9.17) is 0 Å². The standard InChI is InChI=1S/C19H24N2O3/c22-18(16-8-4-5-9-17(16)19(23)24)21-12-10-20(11-13-21)14-15-6-2-1-3-7-15/h1-7,16-17H,8-14H2,(H,23,24)/t16-,17-/m1/s1. The van der Waals surface area contributed by atoms with E-state index in [-0.39, 0.29) is 5.91 Å². The number of carboxylic acids is 1. The largest absolute Gasteiger partial charge is 0.481 e. The van der Waals surface area contributed by atoms with Crippen molar-refractivity contribution in [2.24, 2.45) is 11.8 Å². The zero-order valence-corrected chi connectivity index (χ0v) is 13.8. The van der Waals surface area contributed by atoms with E-state index in [0.717, 1.165) is 19.6 Å². The Hall–Kier alpha value is -2.14. The summed E-state index contributed by atoms with van der Waals surface area (Å²) in [5.74, 6) is -1.84. The number of allylic oxidation sites excluding steroid dienone is 2. The van der Waals surface area contributed by atoms with Crippen molar-refractivity contribution in [3.8, 4) is 0 Å². The zero-order chi connectivity index (χ0) is 16.9. The van der Waals surface area contributed by atoms with Crippen LogP contribution in [-0.2, 0) is 16.1 Å². The lowest BCUT2D eigenvalue weighted by Crippen LogP contribution is -2.51. The Kier molecular flexibility index (Phi) is 5.30. The molecule has 5 heteroatoms. The van der Waals surface area contributed by atoms with E-state index in [0.29, 0.717) is 25.9 Å². The first-order chi connectivity index (χ1) is 11.6. The predicted octanol–water partition coefficient (Wildman–Crippen LogP) is 2.00. The molecule has 1 aromatic carbocycles. The molecule has 1 amide bonds. The number of carbonyl (C=O) groups excluding carboxylic acids is 1. The topological polar surface area (TPSA) is 60.9 Å². The maximum absolute atomic E-state index is 12.7. The molecular weight excluding hydrogens is 304 g/mol. The van der Waals surface area contributed by atoms with Gasteiger partial charge in [0.2, 0.25) is 5.91 Å². The lowest BCUT2D eigenvalue weighted by molar-refractivity contribution is -0.151. The van der Waals surface area contributed by atoms with Crippen LogP contribution in [0.4, 0.5) is 0 Å². The van der Waals surface area contributed by atoms with E-state index < -0.39 is 17.8 Å². The summed E-state index contributed by atoms with van der Waals surface area (Å²) in [4.78, 5) is 28.3. The SMILES string of the molecule is O=C(O)[C@@H]1CC=CC[C@H]1C(=O)N1CCN(Cc2ccccc2)CC1. The van der Waals surface area contributed by atoms with E-state index in [1.165, 1.54) is 5.56 Å². The summed E-state index contributed by atoms with van der Waals surface area (Å²) in [5, 5.41) is 9.35. The summed E-state index contributed by atoms with van der Waals surface area (Å²) < 4.78 is 0. The lowest BCUT2D eigenvalue weighted by atomic mass is 9.82. The summed E-state index contributed by atoms with van der Waals surface area (Å²) in [5.41, 5.74) is 1.28. The van der Waals surface area contributed by atoms with E-state index >= 15 is 0 Å². The van der Waals surface area contributed by atoms with Crippen LogP contribution in [0.3, 0.4) is 0 Å². The Labute approximate surface area is 142 Å². The van der Waals surface area contributed by atoms with E-state index in [9.17, 15) is 14.7 Å². The van der Waals surface area contributed by atoms with Gasteiger partial charge in [0.15, 0.2) is 0 Å². The molecule has 24 heavy (non-hydrogen) atoms. The molecule has 0 unspecified atom stereocenters. The van der Waals surface area contributed by atoms with Crippen LogP contribution >= 0.6 is 0 Å². The van der Waals surface area contributed by atoms with Crippen molar-refractivity contribution in [3.05, 3.63) is 48.0 Å². The number of amides is 1. The third-order valence-corrected chi connectivity index (χ3v) is 5.00. The maximum atomic E-state index is 12.7. The average Bonchev–Trinajstić information content (AvgIpc) is 2.62. The minimum Gasteiger partial charge on any atom is -0.481 e. The highest BCUT2D eigenvalue weighted by molar-refractivity contribution is 5.85. The van der Waals surface area contributed by atoms with E-state index in [1.807, 2.05) is 35.3 Å². The van der Waals surface area contributed by atoms with Gasteiger partial charge < -0.3 is 10.0 Å². The number of carbonyl (C=O) groups is 2. The Balaban J connectivity index is 1.55. The number of piperazine rings is 1. The smallest absolute Gasteiger partial charge is 0.307 e. The molecule has 2 aliphatic rings. The molecule has 2 atom stereocenters. The molecule has 0 spiro atoms. The van der Waals surface area contributed by atoms with Crippen molar-refractivity contribution >= 4 is 11.9 Å². The Morgan fingerprint density at radius 2 is 1.58 bits per heavy atom. The Morgan fingerprint density at radius 3 is 2.21 bits per heavy atom. The molecule has 5 nitrogen and oxygen atoms in total. The van der Waals surface area contributed by atoms with Gasteiger partial charge in [-0.05, 0) is 18.4 Å². The fourth-order valence-corrected chi connectivity index (χ4v) is 3.56. The number of aliphatic carboxylic acids is 1. The molecule has 1 aromatic rings. The number of carboxylic acid groups (broad SMARTS) is 1. The summed E-state index contributed by atoms with van der Waals surface area (Å²) in [6.45, 7) is 3.92. The molecule has 1 aliphatic heterocycles. The van der Waals surface area contributed by atoms with Crippen LogP contribution in [0.15, 0.2) is 42.5 Å². The van der Waals surface area contributed by atoms with Crippen LogP contribution < -0.4 is 0 Å². The molecule has 1 heterocycles. The predicted molar refractivity (Wildman–Crippen MR) is 91.3 cm³/mol. The molecule has 0 saturated carbocycles. The van der Waals surface area contributed by atoms with Gasteiger partial charge in [-0.25, -0.2) is 0 Å². The van der Waals surface area contributed by atoms with Gasteiger partial charge in [-0.1, -0.05) is 42.5 Å². The monoisotopic (exact) mass is 328 g/mol. The van der Waals surface area contributed by atoms with Crippen molar-refractivity contribution in [2.75, 3.05) is 26.2 Å². The number of hydrogen-bond donors (Lipinski definition) is 1. The quantitative estimate of drug-likeness (QED) is 0.859. The molecule has 1 aliphatic carbocycles. The highest BCUT2D eigenvalue weighted by Crippen LogP contribution is 2.28. The van der Waals surface area contributed by atoms with Gasteiger partial charge in [-0.15, -0.1) is 0 Å². The molecule has 0 aromatic heterocycles. The molecule has 3 rings (SSSR count). The summed E-state index contributed by atoms with van der Waals surface area (Å²) in [6.07, 6.45) is 4.81. The van der Waals surface area contributed by atoms with Gasteiger partial charge in [-0.2, -0.15) is 0 Å². The fourth-order valence-electron chi connectivity index (χ4n) is 3.56. The zero-order valence-electron chi connectivity index (χ0n) is 13.8.